The highest BCUT2D eigenvalue weighted by atomic mass is 32.2. The summed E-state index contributed by atoms with van der Waals surface area (Å²) in [6.07, 6.45) is 3.86. The Labute approximate surface area is 168 Å². The first kappa shape index (κ1) is 18.4. The summed E-state index contributed by atoms with van der Waals surface area (Å²) in [5.74, 6) is 1.30. The summed E-state index contributed by atoms with van der Waals surface area (Å²) in [5.41, 5.74) is 4.37. The molecule has 1 saturated heterocycles. The lowest BCUT2D eigenvalue weighted by molar-refractivity contribution is -0.113. The van der Waals surface area contributed by atoms with E-state index in [9.17, 15) is 4.79 Å². The molecular weight excluding hydrogens is 374 g/mol. The molecule has 1 fully saturated rings. The molecule has 2 aliphatic heterocycles. The lowest BCUT2D eigenvalue weighted by Gasteiger charge is -2.28. The number of carbonyl (C=O) groups is 1. The molecular formula is C21H23N3OS2. The molecule has 4 nitrogen and oxygen atoms in total. The van der Waals surface area contributed by atoms with Crippen LogP contribution in [0.1, 0.15) is 24.8 Å². The number of hydrogen-bond acceptors (Lipinski definition) is 5. The second-order valence-corrected chi connectivity index (χ2v) is 8.91. The predicted molar refractivity (Wildman–Crippen MR) is 118 cm³/mol. The summed E-state index contributed by atoms with van der Waals surface area (Å²) in [5, 5.41) is 2.99. The van der Waals surface area contributed by atoms with Crippen LogP contribution in [0.2, 0.25) is 0 Å². The predicted octanol–water partition coefficient (Wildman–Crippen LogP) is 5.28. The lowest BCUT2D eigenvalue weighted by atomic mass is 10.1. The van der Waals surface area contributed by atoms with Gasteiger partial charge in [-0.1, -0.05) is 41.7 Å². The Hall–Kier alpha value is -1.92. The minimum absolute atomic E-state index is 0.00730. The van der Waals surface area contributed by atoms with Gasteiger partial charge in [0.1, 0.15) is 4.38 Å². The van der Waals surface area contributed by atoms with Crippen LogP contribution >= 0.6 is 23.5 Å². The number of nitrogens with zero attached hydrogens (tertiary/aromatic N) is 2. The first-order valence-corrected chi connectivity index (χ1v) is 11.3. The number of thioether (sulfide) groups is 2. The van der Waals surface area contributed by atoms with Crippen LogP contribution in [0, 0.1) is 0 Å². The third kappa shape index (κ3) is 4.87. The Kier molecular flexibility index (Phi) is 6.04. The summed E-state index contributed by atoms with van der Waals surface area (Å²) in [4.78, 5) is 19.3. The Morgan fingerprint density at radius 1 is 1.07 bits per heavy atom. The average Bonchev–Trinajstić information content (AvgIpc) is 2.73. The SMILES string of the molecule is O=C(CSC1=Nc2ccccc2CS1)Nc1ccc(N2CCCCC2)cc1. The fraction of sp³-hybridized carbons (Fsp3) is 0.333. The van der Waals surface area contributed by atoms with Gasteiger partial charge in [0.15, 0.2) is 0 Å². The van der Waals surface area contributed by atoms with Crippen LogP contribution in [-0.4, -0.2) is 29.1 Å². The fourth-order valence-electron chi connectivity index (χ4n) is 3.32. The van der Waals surface area contributed by atoms with Crippen molar-refractivity contribution in [2.75, 3.05) is 29.1 Å². The summed E-state index contributed by atoms with van der Waals surface area (Å²) < 4.78 is 0.962. The first-order valence-electron chi connectivity index (χ1n) is 9.35. The topological polar surface area (TPSA) is 44.7 Å². The maximum absolute atomic E-state index is 12.3. The van der Waals surface area contributed by atoms with Gasteiger partial charge in [0.25, 0.3) is 0 Å². The molecule has 2 aromatic rings. The molecule has 140 valence electrons. The molecule has 1 amide bonds. The van der Waals surface area contributed by atoms with E-state index in [1.165, 1.54) is 42.3 Å². The van der Waals surface area contributed by atoms with Gasteiger partial charge in [-0.3, -0.25) is 4.79 Å². The maximum Gasteiger partial charge on any atom is 0.234 e. The number of nitrogens with one attached hydrogen (secondary N) is 1. The molecule has 6 heteroatoms. The molecule has 0 aromatic heterocycles. The van der Waals surface area contributed by atoms with Gasteiger partial charge in [-0.05, 0) is 55.2 Å². The van der Waals surface area contributed by atoms with Gasteiger partial charge < -0.3 is 10.2 Å². The molecule has 0 radical (unpaired) electrons. The maximum atomic E-state index is 12.3. The van der Waals surface area contributed by atoms with Crippen molar-refractivity contribution in [1.82, 2.24) is 0 Å². The van der Waals surface area contributed by atoms with E-state index in [1.54, 1.807) is 11.8 Å². The number of hydrogen-bond donors (Lipinski definition) is 1. The van der Waals surface area contributed by atoms with E-state index >= 15 is 0 Å². The van der Waals surface area contributed by atoms with E-state index < -0.39 is 0 Å². The molecule has 1 N–H and O–H groups in total. The van der Waals surface area contributed by atoms with Gasteiger partial charge >= 0.3 is 0 Å². The first-order chi connectivity index (χ1) is 13.3. The van der Waals surface area contributed by atoms with Crippen LogP contribution in [-0.2, 0) is 10.5 Å². The van der Waals surface area contributed by atoms with Crippen LogP contribution in [0.3, 0.4) is 0 Å². The quantitative estimate of drug-likeness (QED) is 0.762. The number of rotatable bonds is 4. The van der Waals surface area contributed by atoms with Crippen LogP contribution < -0.4 is 10.2 Å². The minimum Gasteiger partial charge on any atom is -0.372 e. The second kappa shape index (κ2) is 8.85. The number of para-hydroxylation sites is 1. The van der Waals surface area contributed by atoms with Crippen molar-refractivity contribution in [3.05, 3.63) is 54.1 Å². The number of anilines is 2. The Morgan fingerprint density at radius 2 is 1.85 bits per heavy atom. The van der Waals surface area contributed by atoms with E-state index in [4.69, 9.17) is 0 Å². The third-order valence-electron chi connectivity index (χ3n) is 4.75. The van der Waals surface area contributed by atoms with Gasteiger partial charge in [0, 0.05) is 30.2 Å². The van der Waals surface area contributed by atoms with Crippen molar-refractivity contribution in [2.24, 2.45) is 4.99 Å². The van der Waals surface area contributed by atoms with Crippen molar-refractivity contribution in [2.45, 2.75) is 25.0 Å². The van der Waals surface area contributed by atoms with E-state index in [0.717, 1.165) is 34.6 Å². The highest BCUT2D eigenvalue weighted by molar-refractivity contribution is 8.38. The Bertz CT molecular complexity index is 830. The molecule has 4 rings (SSSR count). The molecule has 0 atom stereocenters. The standard InChI is InChI=1S/C21H23N3OS2/c25-20(15-27-21-23-19-7-3-2-6-16(19)14-26-21)22-17-8-10-18(11-9-17)24-12-4-1-5-13-24/h2-3,6-11H,1,4-5,12-15H2,(H,22,25). The number of aliphatic imine (C=N–C) groups is 1. The number of amides is 1. The van der Waals surface area contributed by atoms with Crippen LogP contribution in [0.15, 0.2) is 53.5 Å². The molecule has 2 heterocycles. The van der Waals surface area contributed by atoms with Gasteiger partial charge in [0.2, 0.25) is 5.91 Å². The number of carbonyl (C=O) groups excluding carboxylic acids is 1. The molecule has 0 saturated carbocycles. The van der Waals surface area contributed by atoms with Gasteiger partial charge in [0.05, 0.1) is 11.4 Å². The fourth-order valence-corrected chi connectivity index (χ4v) is 5.18. The second-order valence-electron chi connectivity index (χ2n) is 6.73. The number of piperidine rings is 1. The van der Waals surface area contributed by atoms with Crippen molar-refractivity contribution in [1.29, 1.82) is 0 Å². The average molecular weight is 398 g/mol. The third-order valence-corrected chi connectivity index (χ3v) is 7.00. The van der Waals surface area contributed by atoms with Gasteiger partial charge in [-0.15, -0.1) is 0 Å². The smallest absolute Gasteiger partial charge is 0.234 e. The summed E-state index contributed by atoms with van der Waals surface area (Å²) in [6, 6.07) is 16.4. The summed E-state index contributed by atoms with van der Waals surface area (Å²) in [6.45, 7) is 2.26. The van der Waals surface area contributed by atoms with Gasteiger partial charge in [-0.2, -0.15) is 0 Å². The van der Waals surface area contributed by atoms with Crippen LogP contribution in [0.25, 0.3) is 0 Å². The number of benzene rings is 2. The highest BCUT2D eigenvalue weighted by Gasteiger charge is 2.14. The van der Waals surface area contributed by atoms with Crippen molar-refractivity contribution in [3.8, 4) is 0 Å². The minimum atomic E-state index is 0.00730. The molecule has 0 unspecified atom stereocenters. The van der Waals surface area contributed by atoms with E-state index in [1.807, 2.05) is 30.3 Å². The van der Waals surface area contributed by atoms with Crippen molar-refractivity contribution >= 4 is 50.9 Å². The van der Waals surface area contributed by atoms with E-state index in [-0.39, 0.29) is 5.91 Å². The van der Waals surface area contributed by atoms with E-state index in [2.05, 4.69) is 33.4 Å². The molecule has 27 heavy (non-hydrogen) atoms. The zero-order valence-corrected chi connectivity index (χ0v) is 16.8. The zero-order valence-electron chi connectivity index (χ0n) is 15.2. The van der Waals surface area contributed by atoms with Crippen molar-refractivity contribution in [3.63, 3.8) is 0 Å². The summed E-state index contributed by atoms with van der Waals surface area (Å²) in [7, 11) is 0. The lowest BCUT2D eigenvalue weighted by Crippen LogP contribution is -2.29. The Balaban J connectivity index is 1.29. The van der Waals surface area contributed by atoms with Crippen LogP contribution in [0.5, 0.6) is 0 Å². The largest absolute Gasteiger partial charge is 0.372 e. The number of fused-ring (bicyclic) bond motifs is 1. The molecule has 2 aliphatic rings. The van der Waals surface area contributed by atoms with Crippen LogP contribution in [0.4, 0.5) is 17.1 Å². The van der Waals surface area contributed by atoms with E-state index in [0.29, 0.717) is 5.75 Å². The highest BCUT2D eigenvalue weighted by Crippen LogP contribution is 2.34. The molecule has 2 aromatic carbocycles. The molecule has 0 bridgehead atoms. The monoisotopic (exact) mass is 397 g/mol. The Morgan fingerprint density at radius 3 is 2.67 bits per heavy atom. The summed E-state index contributed by atoms with van der Waals surface area (Å²) >= 11 is 3.21. The normalized spacial score (nSPS) is 16.4. The zero-order chi connectivity index (χ0) is 18.5. The molecule has 0 spiro atoms. The van der Waals surface area contributed by atoms with Crippen molar-refractivity contribution < 1.29 is 4.79 Å². The molecule has 0 aliphatic carbocycles. The van der Waals surface area contributed by atoms with Gasteiger partial charge in [-0.25, -0.2) is 4.99 Å².